The number of rotatable bonds is 3. The fourth-order valence-electron chi connectivity index (χ4n) is 1.22. The summed E-state index contributed by atoms with van der Waals surface area (Å²) >= 11 is 3.95. The van der Waals surface area contributed by atoms with E-state index in [1.807, 2.05) is 0 Å². The number of hydrogen-bond donors (Lipinski definition) is 1. The highest BCUT2D eigenvalue weighted by Gasteiger charge is 2.14. The number of nitrogens with zero attached hydrogens (tertiary/aromatic N) is 1. The molecular weight excluding hydrogens is 229 g/mol. The largest absolute Gasteiger partial charge is 0.466 e. The first-order valence-electron chi connectivity index (χ1n) is 4.66. The molecule has 0 aliphatic carbocycles. The van der Waals surface area contributed by atoms with Crippen LogP contribution < -0.4 is 0 Å². The minimum Gasteiger partial charge on any atom is -0.466 e. The molecule has 0 atom stereocenters. The van der Waals surface area contributed by atoms with Gasteiger partial charge < -0.3 is 4.74 Å². The molecular formula is C11H10FNO2S. The van der Waals surface area contributed by atoms with Gasteiger partial charge in [0.05, 0.1) is 13.0 Å². The monoisotopic (exact) mass is 239 g/mol. The number of hydrogen-bond acceptors (Lipinski definition) is 4. The molecule has 0 unspecified atom stereocenters. The van der Waals surface area contributed by atoms with Gasteiger partial charge >= 0.3 is 5.97 Å². The second kappa shape index (κ2) is 5.52. The van der Waals surface area contributed by atoms with Crippen LogP contribution in [-0.2, 0) is 16.0 Å². The zero-order valence-electron chi connectivity index (χ0n) is 8.66. The van der Waals surface area contributed by atoms with Crippen LogP contribution in [0.15, 0.2) is 17.0 Å². The van der Waals surface area contributed by atoms with Crippen molar-refractivity contribution in [1.29, 1.82) is 5.26 Å². The Morgan fingerprint density at radius 3 is 2.88 bits per heavy atom. The van der Waals surface area contributed by atoms with Crippen molar-refractivity contribution in [2.75, 3.05) is 6.61 Å². The van der Waals surface area contributed by atoms with Crippen LogP contribution in [0.25, 0.3) is 0 Å². The predicted molar refractivity (Wildman–Crippen MR) is 58.7 cm³/mol. The molecule has 0 heterocycles. The summed E-state index contributed by atoms with van der Waals surface area (Å²) in [6.45, 7) is 1.92. The van der Waals surface area contributed by atoms with Gasteiger partial charge in [-0.25, -0.2) is 4.39 Å². The molecule has 5 heteroatoms. The normalized spacial score (nSPS) is 9.62. The third kappa shape index (κ3) is 2.74. The molecule has 0 amide bonds. The molecule has 84 valence electrons. The van der Waals surface area contributed by atoms with E-state index in [-0.39, 0.29) is 29.1 Å². The van der Waals surface area contributed by atoms with E-state index >= 15 is 0 Å². The number of carbonyl (C=O) groups excluding carboxylic acids is 1. The Kier molecular flexibility index (Phi) is 4.32. The first kappa shape index (κ1) is 12.5. The van der Waals surface area contributed by atoms with Gasteiger partial charge in [-0.2, -0.15) is 5.26 Å². The van der Waals surface area contributed by atoms with Crippen molar-refractivity contribution in [3.05, 3.63) is 29.1 Å². The number of carbonyl (C=O) groups is 1. The first-order chi connectivity index (χ1) is 7.60. The van der Waals surface area contributed by atoms with Crippen LogP contribution in [0.2, 0.25) is 0 Å². The highest BCUT2D eigenvalue weighted by Crippen LogP contribution is 2.20. The van der Waals surface area contributed by atoms with Crippen molar-refractivity contribution in [3.63, 3.8) is 0 Å². The Hall–Kier alpha value is -1.54. The van der Waals surface area contributed by atoms with Crippen LogP contribution in [0.4, 0.5) is 4.39 Å². The number of thiol groups is 1. The standard InChI is InChI=1S/C11H10FNO2S/c1-2-15-10(14)5-7-3-4-9(16)8(6-13)11(7)12/h3-4,16H,2,5H2,1H3. The lowest BCUT2D eigenvalue weighted by atomic mass is 10.1. The quantitative estimate of drug-likeness (QED) is 0.649. The number of nitriles is 1. The molecule has 0 fully saturated rings. The fourth-order valence-corrected chi connectivity index (χ4v) is 1.44. The smallest absolute Gasteiger partial charge is 0.310 e. The van der Waals surface area contributed by atoms with Crippen molar-refractivity contribution in [1.82, 2.24) is 0 Å². The van der Waals surface area contributed by atoms with Crippen molar-refractivity contribution < 1.29 is 13.9 Å². The lowest BCUT2D eigenvalue weighted by Crippen LogP contribution is -2.09. The van der Waals surface area contributed by atoms with E-state index in [0.29, 0.717) is 0 Å². The van der Waals surface area contributed by atoms with Crippen molar-refractivity contribution >= 4 is 18.6 Å². The molecule has 0 aliphatic rings. The van der Waals surface area contributed by atoms with E-state index in [2.05, 4.69) is 12.6 Å². The zero-order chi connectivity index (χ0) is 12.1. The summed E-state index contributed by atoms with van der Waals surface area (Å²) < 4.78 is 18.4. The van der Waals surface area contributed by atoms with Gasteiger partial charge in [-0.1, -0.05) is 6.07 Å². The topological polar surface area (TPSA) is 50.1 Å². The Balaban J connectivity index is 2.99. The van der Waals surface area contributed by atoms with Crippen LogP contribution >= 0.6 is 12.6 Å². The maximum absolute atomic E-state index is 13.7. The SMILES string of the molecule is CCOC(=O)Cc1ccc(S)c(C#N)c1F. The van der Waals surface area contributed by atoms with Crippen LogP contribution in [-0.4, -0.2) is 12.6 Å². The van der Waals surface area contributed by atoms with E-state index in [9.17, 15) is 9.18 Å². The lowest BCUT2D eigenvalue weighted by molar-refractivity contribution is -0.142. The van der Waals surface area contributed by atoms with Crippen LogP contribution in [0, 0.1) is 17.1 Å². The number of esters is 1. The third-order valence-electron chi connectivity index (χ3n) is 1.95. The number of benzene rings is 1. The Bertz CT molecular complexity index is 454. The first-order valence-corrected chi connectivity index (χ1v) is 5.11. The summed E-state index contributed by atoms with van der Waals surface area (Å²) in [5, 5.41) is 8.71. The van der Waals surface area contributed by atoms with Gasteiger partial charge in [0, 0.05) is 10.5 Å². The van der Waals surface area contributed by atoms with Gasteiger partial charge in [-0.05, 0) is 13.0 Å². The average molecular weight is 239 g/mol. The Morgan fingerprint density at radius 1 is 1.62 bits per heavy atom. The summed E-state index contributed by atoms with van der Waals surface area (Å²) in [6.07, 6.45) is -0.178. The highest BCUT2D eigenvalue weighted by molar-refractivity contribution is 7.80. The van der Waals surface area contributed by atoms with Crippen LogP contribution in [0.3, 0.4) is 0 Å². The zero-order valence-corrected chi connectivity index (χ0v) is 9.55. The Labute approximate surface area is 98.2 Å². The third-order valence-corrected chi connectivity index (χ3v) is 2.32. The molecule has 0 spiro atoms. The molecule has 0 saturated carbocycles. The second-order valence-electron chi connectivity index (χ2n) is 3.03. The second-order valence-corrected chi connectivity index (χ2v) is 3.51. The van der Waals surface area contributed by atoms with E-state index in [0.717, 1.165) is 0 Å². The number of ether oxygens (including phenoxy) is 1. The van der Waals surface area contributed by atoms with Crippen molar-refractivity contribution in [2.24, 2.45) is 0 Å². The summed E-state index contributed by atoms with van der Waals surface area (Å²) in [4.78, 5) is 11.4. The van der Waals surface area contributed by atoms with Crippen LogP contribution in [0.5, 0.6) is 0 Å². The minimum absolute atomic E-state index is 0.146. The van der Waals surface area contributed by atoms with Crippen molar-refractivity contribution in [2.45, 2.75) is 18.2 Å². The highest BCUT2D eigenvalue weighted by atomic mass is 32.1. The molecule has 0 aromatic heterocycles. The summed E-state index contributed by atoms with van der Waals surface area (Å²) in [5.74, 6) is -1.22. The van der Waals surface area contributed by atoms with Gasteiger partial charge in [0.25, 0.3) is 0 Å². The molecule has 1 aromatic rings. The van der Waals surface area contributed by atoms with Gasteiger partial charge in [0.1, 0.15) is 17.4 Å². The van der Waals surface area contributed by atoms with Crippen LogP contribution in [0.1, 0.15) is 18.1 Å². The lowest BCUT2D eigenvalue weighted by Gasteiger charge is -2.05. The number of halogens is 1. The maximum Gasteiger partial charge on any atom is 0.310 e. The van der Waals surface area contributed by atoms with Gasteiger partial charge in [0.2, 0.25) is 0 Å². The maximum atomic E-state index is 13.7. The summed E-state index contributed by atoms with van der Waals surface area (Å²) in [6, 6.07) is 4.62. The van der Waals surface area contributed by atoms with Gasteiger partial charge in [-0.15, -0.1) is 12.6 Å². The molecule has 0 N–H and O–H groups in total. The molecule has 16 heavy (non-hydrogen) atoms. The average Bonchev–Trinajstić information content (AvgIpc) is 2.23. The van der Waals surface area contributed by atoms with E-state index in [4.69, 9.17) is 10.00 Å². The predicted octanol–water partition coefficient (Wildman–Crippen LogP) is 2.09. The molecule has 0 bridgehead atoms. The molecule has 0 radical (unpaired) electrons. The molecule has 1 rings (SSSR count). The fraction of sp³-hybridized carbons (Fsp3) is 0.273. The van der Waals surface area contributed by atoms with Crippen molar-refractivity contribution in [3.8, 4) is 6.07 Å². The summed E-state index contributed by atoms with van der Waals surface area (Å²) in [5.41, 5.74) is -0.00191. The van der Waals surface area contributed by atoms with E-state index in [1.54, 1.807) is 13.0 Å². The minimum atomic E-state index is -0.706. The molecule has 3 nitrogen and oxygen atoms in total. The van der Waals surface area contributed by atoms with Gasteiger partial charge in [-0.3, -0.25) is 4.79 Å². The van der Waals surface area contributed by atoms with E-state index < -0.39 is 11.8 Å². The summed E-state index contributed by atoms with van der Waals surface area (Å²) in [7, 11) is 0. The van der Waals surface area contributed by atoms with E-state index in [1.165, 1.54) is 12.1 Å². The van der Waals surface area contributed by atoms with Gasteiger partial charge in [0.15, 0.2) is 0 Å². The Morgan fingerprint density at radius 2 is 2.31 bits per heavy atom. The molecule has 0 aliphatic heterocycles. The molecule has 1 aromatic carbocycles. The molecule has 0 saturated heterocycles.